The number of nitrogens with two attached hydrogens (primary N) is 1. The smallest absolute Gasteiger partial charge is 0.273 e. The molecule has 0 fully saturated rings. The third kappa shape index (κ3) is 5.43. The summed E-state index contributed by atoms with van der Waals surface area (Å²) in [5, 5.41) is 34.6. The molecule has 0 atom stereocenters. The van der Waals surface area contributed by atoms with Gasteiger partial charge in [0.05, 0.1) is 32.3 Å². The van der Waals surface area contributed by atoms with Gasteiger partial charge in [-0.05, 0) is 36.4 Å². The third-order valence-corrected chi connectivity index (χ3v) is 6.02. The predicted octanol–water partition coefficient (Wildman–Crippen LogP) is 6.14. The van der Waals surface area contributed by atoms with Crippen molar-refractivity contribution >= 4 is 58.9 Å². The monoisotopic (exact) mass is 580 g/mol. The quantitative estimate of drug-likeness (QED) is 0.127. The Morgan fingerprint density at radius 3 is 1.85 bits per heavy atom. The van der Waals surface area contributed by atoms with E-state index in [0.717, 1.165) is 4.68 Å². The summed E-state index contributed by atoms with van der Waals surface area (Å²) in [6.45, 7) is 0. The first kappa shape index (κ1) is 26.3. The molecule has 2 N–H and O–H groups in total. The Bertz CT molecular complexity index is 1820. The number of nitro groups is 2. The lowest BCUT2D eigenvalue weighted by atomic mass is 10.1. The summed E-state index contributed by atoms with van der Waals surface area (Å²) in [7, 11) is 0. The van der Waals surface area contributed by atoms with Crippen molar-refractivity contribution in [3.05, 3.63) is 102 Å². The number of hydrogen-bond donors (Lipinski definition) is 1. The lowest BCUT2D eigenvalue weighted by Gasteiger charge is -2.01. The van der Waals surface area contributed by atoms with Crippen molar-refractivity contribution in [2.75, 3.05) is 5.73 Å². The van der Waals surface area contributed by atoms with Gasteiger partial charge in [0, 0.05) is 35.4 Å². The number of nitrogen functional groups attached to an aromatic ring is 1. The molecule has 0 aliphatic carbocycles. The van der Waals surface area contributed by atoms with Gasteiger partial charge >= 0.3 is 0 Å². The second kappa shape index (κ2) is 10.8. The van der Waals surface area contributed by atoms with Crippen LogP contribution in [-0.4, -0.2) is 37.1 Å². The highest BCUT2D eigenvalue weighted by atomic mass is 35.5. The van der Waals surface area contributed by atoms with Crippen LogP contribution in [0, 0.1) is 20.2 Å². The minimum absolute atomic E-state index is 0.00795. The second-order valence-corrected chi connectivity index (χ2v) is 8.73. The minimum atomic E-state index is -0.533. The number of benzene rings is 2. The van der Waals surface area contributed by atoms with Crippen molar-refractivity contribution < 1.29 is 18.7 Å². The van der Waals surface area contributed by atoms with Crippen LogP contribution in [0.5, 0.6) is 0 Å². The van der Waals surface area contributed by atoms with Crippen LogP contribution in [0.4, 0.5) is 23.3 Å². The molecule has 40 heavy (non-hydrogen) atoms. The number of rotatable bonds is 8. The van der Waals surface area contributed by atoms with E-state index in [1.807, 2.05) is 0 Å². The summed E-state index contributed by atoms with van der Waals surface area (Å²) in [6.07, 6.45) is 2.66. The van der Waals surface area contributed by atoms with Gasteiger partial charge in [-0.3, -0.25) is 20.2 Å². The van der Waals surface area contributed by atoms with E-state index in [1.165, 1.54) is 48.8 Å². The standard InChI is InChI=1S/C24H14Cl2N8O6/c25-19-5-1-13(33(35)36)9-17(19)21-7-3-15(39-21)11-28-24-31-30-23(27)32(24)29-12-16-4-8-22(40-16)18-10-14(34(37)38)2-6-20(18)26/h1-12H,(H2,27,30)/b28-11?,29-12-. The van der Waals surface area contributed by atoms with Crippen LogP contribution < -0.4 is 5.73 Å². The highest BCUT2D eigenvalue weighted by Crippen LogP contribution is 2.33. The van der Waals surface area contributed by atoms with Gasteiger partial charge in [0.15, 0.2) is 0 Å². The number of nitro benzene ring substituents is 2. The van der Waals surface area contributed by atoms with E-state index in [4.69, 9.17) is 37.8 Å². The Morgan fingerprint density at radius 2 is 1.32 bits per heavy atom. The van der Waals surface area contributed by atoms with Crippen LogP contribution in [-0.2, 0) is 0 Å². The fourth-order valence-corrected chi connectivity index (χ4v) is 3.90. The van der Waals surface area contributed by atoms with Crippen molar-refractivity contribution in [2.45, 2.75) is 0 Å². The molecule has 5 rings (SSSR count). The van der Waals surface area contributed by atoms with Gasteiger partial charge in [-0.25, -0.2) is 4.99 Å². The van der Waals surface area contributed by atoms with E-state index in [1.54, 1.807) is 24.3 Å². The molecular weight excluding hydrogens is 567 g/mol. The van der Waals surface area contributed by atoms with Crippen LogP contribution in [0.3, 0.4) is 0 Å². The van der Waals surface area contributed by atoms with E-state index >= 15 is 0 Å². The van der Waals surface area contributed by atoms with Gasteiger partial charge in [0.2, 0.25) is 5.95 Å². The fourth-order valence-electron chi connectivity index (χ4n) is 3.48. The van der Waals surface area contributed by atoms with E-state index in [2.05, 4.69) is 20.3 Å². The summed E-state index contributed by atoms with van der Waals surface area (Å²) in [4.78, 5) is 25.3. The number of anilines is 1. The molecule has 0 aliphatic heterocycles. The molecule has 3 aromatic heterocycles. The summed E-state index contributed by atoms with van der Waals surface area (Å²) in [5.74, 6) is 1.10. The lowest BCUT2D eigenvalue weighted by Crippen LogP contribution is -1.97. The van der Waals surface area contributed by atoms with Crippen LogP contribution in [0.2, 0.25) is 10.0 Å². The molecule has 0 spiro atoms. The molecule has 16 heteroatoms. The van der Waals surface area contributed by atoms with Crippen molar-refractivity contribution in [2.24, 2.45) is 10.1 Å². The summed E-state index contributed by atoms with van der Waals surface area (Å²) in [6, 6.07) is 14.4. The first-order chi connectivity index (χ1) is 19.2. The molecule has 0 radical (unpaired) electrons. The number of nitrogens with zero attached hydrogens (tertiary/aromatic N) is 7. The molecule has 2 aromatic carbocycles. The number of non-ortho nitro benzene ring substituents is 2. The van der Waals surface area contributed by atoms with Crippen LogP contribution in [0.25, 0.3) is 22.6 Å². The number of hydrogen-bond acceptors (Lipinski definition) is 11. The van der Waals surface area contributed by atoms with Crippen LogP contribution in [0.15, 0.2) is 79.6 Å². The zero-order valence-corrected chi connectivity index (χ0v) is 21.4. The molecule has 0 bridgehead atoms. The Balaban J connectivity index is 1.36. The van der Waals surface area contributed by atoms with Crippen molar-refractivity contribution in [3.8, 4) is 22.6 Å². The number of furan rings is 2. The Morgan fingerprint density at radius 1 is 0.800 bits per heavy atom. The molecule has 0 amide bonds. The average Bonchev–Trinajstić information content (AvgIpc) is 3.67. The van der Waals surface area contributed by atoms with Gasteiger partial charge in [-0.1, -0.05) is 23.2 Å². The maximum Gasteiger partial charge on any atom is 0.273 e. The number of aliphatic imine (C=N–C) groups is 1. The summed E-state index contributed by atoms with van der Waals surface area (Å²) in [5.41, 5.74) is 6.28. The molecular formula is C24H14Cl2N8O6. The molecule has 200 valence electrons. The molecule has 3 heterocycles. The topological polar surface area (TPSA) is 194 Å². The SMILES string of the molecule is Nc1nnc(N=Cc2ccc(-c3cc([N+](=O)[O-])ccc3Cl)o2)n1/N=C\c1ccc(-c2cc([N+](=O)[O-])ccc2Cl)o1. The highest BCUT2D eigenvalue weighted by molar-refractivity contribution is 6.33. The Kier molecular flexibility index (Phi) is 7.09. The van der Waals surface area contributed by atoms with E-state index in [9.17, 15) is 20.2 Å². The van der Waals surface area contributed by atoms with Gasteiger partial charge < -0.3 is 14.6 Å². The van der Waals surface area contributed by atoms with Gasteiger partial charge in [0.25, 0.3) is 17.3 Å². The molecule has 5 aromatic rings. The maximum absolute atomic E-state index is 11.1. The molecule has 0 aliphatic rings. The zero-order valence-electron chi connectivity index (χ0n) is 19.8. The highest BCUT2D eigenvalue weighted by Gasteiger charge is 2.16. The van der Waals surface area contributed by atoms with Gasteiger partial charge in [-0.2, -0.15) is 9.78 Å². The van der Waals surface area contributed by atoms with E-state index < -0.39 is 9.85 Å². The summed E-state index contributed by atoms with van der Waals surface area (Å²) < 4.78 is 12.6. The molecule has 0 saturated heterocycles. The van der Waals surface area contributed by atoms with Crippen molar-refractivity contribution in [3.63, 3.8) is 0 Å². The van der Waals surface area contributed by atoms with Crippen LogP contribution >= 0.6 is 23.2 Å². The van der Waals surface area contributed by atoms with Gasteiger partial charge in [-0.15, -0.1) is 10.2 Å². The Labute approximate surface area is 233 Å². The van der Waals surface area contributed by atoms with Crippen LogP contribution in [0.1, 0.15) is 11.5 Å². The van der Waals surface area contributed by atoms with E-state index in [-0.39, 0.29) is 39.1 Å². The Hall–Kier alpha value is -5.34. The zero-order chi connectivity index (χ0) is 28.4. The van der Waals surface area contributed by atoms with Gasteiger partial charge in [0.1, 0.15) is 23.0 Å². The minimum Gasteiger partial charge on any atom is -0.455 e. The summed E-state index contributed by atoms with van der Waals surface area (Å²) >= 11 is 12.4. The lowest BCUT2D eigenvalue weighted by molar-refractivity contribution is -0.385. The predicted molar refractivity (Wildman–Crippen MR) is 146 cm³/mol. The average molecular weight is 581 g/mol. The van der Waals surface area contributed by atoms with Crippen molar-refractivity contribution in [1.29, 1.82) is 0 Å². The third-order valence-electron chi connectivity index (χ3n) is 5.36. The first-order valence-corrected chi connectivity index (χ1v) is 11.8. The van der Waals surface area contributed by atoms with Crippen molar-refractivity contribution in [1.82, 2.24) is 14.9 Å². The maximum atomic E-state index is 11.1. The largest absolute Gasteiger partial charge is 0.455 e. The molecule has 14 nitrogen and oxygen atoms in total. The van der Waals surface area contributed by atoms with E-state index in [0.29, 0.717) is 28.4 Å². The number of halogens is 2. The molecule has 0 saturated carbocycles. The normalized spacial score (nSPS) is 11.6. The fraction of sp³-hybridized carbons (Fsp3) is 0. The number of aromatic nitrogens is 3. The first-order valence-electron chi connectivity index (χ1n) is 11.1. The molecule has 0 unspecified atom stereocenters. The second-order valence-electron chi connectivity index (χ2n) is 7.92.